The lowest BCUT2D eigenvalue weighted by molar-refractivity contribution is -0.145. The van der Waals surface area contributed by atoms with Gasteiger partial charge in [-0.05, 0) is 18.9 Å². The summed E-state index contributed by atoms with van der Waals surface area (Å²) >= 11 is 0. The van der Waals surface area contributed by atoms with Crippen LogP contribution in [-0.2, 0) is 16.1 Å². The maximum absolute atomic E-state index is 11.3. The van der Waals surface area contributed by atoms with Crippen molar-refractivity contribution in [3.05, 3.63) is 29.8 Å². The molecular formula is C14H19NO3. The number of hydrogen-bond donors (Lipinski definition) is 1. The van der Waals surface area contributed by atoms with Crippen LogP contribution in [-0.4, -0.2) is 26.2 Å². The van der Waals surface area contributed by atoms with E-state index in [1.165, 1.54) is 0 Å². The van der Waals surface area contributed by atoms with Gasteiger partial charge in [0.25, 0.3) is 0 Å². The summed E-state index contributed by atoms with van der Waals surface area (Å²) in [5, 5.41) is 3.23. The van der Waals surface area contributed by atoms with Crippen LogP contribution in [0.15, 0.2) is 24.3 Å². The summed E-state index contributed by atoms with van der Waals surface area (Å²) in [5.41, 5.74) is 1.11. The molecule has 0 saturated heterocycles. The van der Waals surface area contributed by atoms with E-state index in [4.69, 9.17) is 9.47 Å². The quantitative estimate of drug-likeness (QED) is 0.590. The third kappa shape index (κ3) is 3.74. The maximum atomic E-state index is 11.3. The summed E-state index contributed by atoms with van der Waals surface area (Å²) in [7, 11) is 1.66. The van der Waals surface area contributed by atoms with Gasteiger partial charge in [-0.1, -0.05) is 18.2 Å². The summed E-state index contributed by atoms with van der Waals surface area (Å²) in [6.07, 6.45) is 1.99. The number of ether oxygens (including phenoxy) is 2. The summed E-state index contributed by atoms with van der Waals surface area (Å²) in [6, 6.07) is 7.87. The molecule has 0 unspecified atom stereocenters. The lowest BCUT2D eigenvalue weighted by Crippen LogP contribution is -2.21. The summed E-state index contributed by atoms with van der Waals surface area (Å²) in [4.78, 5) is 11.3. The Morgan fingerprint density at radius 2 is 2.17 bits per heavy atom. The number of carbonyl (C=O) groups excluding carboxylic acids is 1. The number of carbonyl (C=O) groups is 1. The second-order valence-corrected chi connectivity index (χ2v) is 4.43. The molecule has 0 amide bonds. The van der Waals surface area contributed by atoms with E-state index in [0.29, 0.717) is 19.7 Å². The van der Waals surface area contributed by atoms with Crippen molar-refractivity contribution in [1.29, 1.82) is 0 Å². The van der Waals surface area contributed by atoms with Gasteiger partial charge in [-0.2, -0.15) is 0 Å². The molecule has 4 heteroatoms. The second kappa shape index (κ2) is 6.40. The molecule has 0 radical (unpaired) electrons. The maximum Gasteiger partial charge on any atom is 0.308 e. The van der Waals surface area contributed by atoms with Crippen molar-refractivity contribution >= 4 is 5.97 Å². The van der Waals surface area contributed by atoms with Crippen LogP contribution in [0.4, 0.5) is 0 Å². The number of hydrogen-bond acceptors (Lipinski definition) is 4. The normalized spacial score (nSPS) is 14.3. The Balaban J connectivity index is 1.63. The molecule has 1 aromatic carbocycles. The number of nitrogens with one attached hydrogen (secondary N) is 1. The lowest BCUT2D eigenvalue weighted by atomic mass is 10.2. The highest BCUT2D eigenvalue weighted by atomic mass is 16.5. The molecule has 1 fully saturated rings. The zero-order valence-electron chi connectivity index (χ0n) is 10.6. The van der Waals surface area contributed by atoms with Crippen LogP contribution in [0.5, 0.6) is 5.75 Å². The molecule has 0 aromatic heterocycles. The van der Waals surface area contributed by atoms with E-state index in [9.17, 15) is 4.79 Å². The predicted octanol–water partition coefficient (Wildman–Crippen LogP) is 1.74. The number of esters is 1. The molecule has 0 bridgehead atoms. The lowest BCUT2D eigenvalue weighted by Gasteiger charge is -2.09. The molecule has 0 spiro atoms. The van der Waals surface area contributed by atoms with Crippen LogP contribution >= 0.6 is 0 Å². The standard InChI is InChI=1S/C14H19NO3/c1-17-13-5-3-2-4-12(13)10-15-8-9-18-14(16)11-6-7-11/h2-5,11,15H,6-10H2,1H3. The van der Waals surface area contributed by atoms with Gasteiger partial charge in [0.1, 0.15) is 12.4 Å². The van der Waals surface area contributed by atoms with Gasteiger partial charge in [0.05, 0.1) is 13.0 Å². The smallest absolute Gasteiger partial charge is 0.308 e. The van der Waals surface area contributed by atoms with Crippen molar-refractivity contribution in [2.75, 3.05) is 20.3 Å². The minimum Gasteiger partial charge on any atom is -0.496 e. The van der Waals surface area contributed by atoms with Gasteiger partial charge < -0.3 is 14.8 Å². The molecule has 4 nitrogen and oxygen atoms in total. The Morgan fingerprint density at radius 1 is 1.39 bits per heavy atom. The molecule has 0 aliphatic heterocycles. The minimum absolute atomic E-state index is 0.0471. The van der Waals surface area contributed by atoms with E-state index in [1.54, 1.807) is 7.11 Å². The molecule has 98 valence electrons. The van der Waals surface area contributed by atoms with Crippen molar-refractivity contribution in [2.45, 2.75) is 19.4 Å². The van der Waals surface area contributed by atoms with Gasteiger partial charge in [0.15, 0.2) is 0 Å². The Hall–Kier alpha value is -1.55. The van der Waals surface area contributed by atoms with Crippen molar-refractivity contribution in [2.24, 2.45) is 5.92 Å². The van der Waals surface area contributed by atoms with Crippen molar-refractivity contribution in [3.8, 4) is 5.75 Å². The second-order valence-electron chi connectivity index (χ2n) is 4.43. The fraction of sp³-hybridized carbons (Fsp3) is 0.500. The summed E-state index contributed by atoms with van der Waals surface area (Å²) in [6.45, 7) is 1.81. The van der Waals surface area contributed by atoms with Crippen LogP contribution < -0.4 is 10.1 Å². The zero-order chi connectivity index (χ0) is 12.8. The third-order valence-corrected chi connectivity index (χ3v) is 2.94. The molecule has 0 atom stereocenters. The third-order valence-electron chi connectivity index (χ3n) is 2.94. The number of benzene rings is 1. The molecule has 2 rings (SSSR count). The Labute approximate surface area is 107 Å². The van der Waals surface area contributed by atoms with E-state index in [2.05, 4.69) is 5.32 Å². The molecule has 18 heavy (non-hydrogen) atoms. The Morgan fingerprint density at radius 3 is 2.89 bits per heavy atom. The molecule has 1 aliphatic carbocycles. The average molecular weight is 249 g/mol. The first-order valence-electron chi connectivity index (χ1n) is 6.30. The van der Waals surface area contributed by atoms with Crippen molar-refractivity contribution in [1.82, 2.24) is 5.32 Å². The molecule has 1 saturated carbocycles. The highest BCUT2D eigenvalue weighted by molar-refractivity contribution is 5.74. The summed E-state index contributed by atoms with van der Waals surface area (Å²) in [5.74, 6) is 1.01. The van der Waals surface area contributed by atoms with Crippen LogP contribution in [0, 0.1) is 5.92 Å². The first-order chi connectivity index (χ1) is 8.81. The highest BCUT2D eigenvalue weighted by Crippen LogP contribution is 2.29. The van der Waals surface area contributed by atoms with Gasteiger partial charge in [-0.15, -0.1) is 0 Å². The van der Waals surface area contributed by atoms with E-state index in [0.717, 1.165) is 24.2 Å². The van der Waals surface area contributed by atoms with Gasteiger partial charge in [0, 0.05) is 18.7 Å². The van der Waals surface area contributed by atoms with Gasteiger partial charge in [-0.25, -0.2) is 0 Å². The van der Waals surface area contributed by atoms with E-state index >= 15 is 0 Å². The van der Waals surface area contributed by atoms with E-state index in [-0.39, 0.29) is 11.9 Å². The first-order valence-corrected chi connectivity index (χ1v) is 6.30. The molecule has 1 N–H and O–H groups in total. The molecule has 1 aliphatic rings. The monoisotopic (exact) mass is 249 g/mol. The number of methoxy groups -OCH3 is 1. The highest BCUT2D eigenvalue weighted by Gasteiger charge is 2.30. The van der Waals surface area contributed by atoms with Crippen molar-refractivity contribution in [3.63, 3.8) is 0 Å². The van der Waals surface area contributed by atoms with Crippen LogP contribution in [0.3, 0.4) is 0 Å². The predicted molar refractivity (Wildman–Crippen MR) is 68.4 cm³/mol. The van der Waals surface area contributed by atoms with Crippen LogP contribution in [0.2, 0.25) is 0 Å². The zero-order valence-corrected chi connectivity index (χ0v) is 10.6. The van der Waals surface area contributed by atoms with Crippen LogP contribution in [0.1, 0.15) is 18.4 Å². The van der Waals surface area contributed by atoms with Gasteiger partial charge in [-0.3, -0.25) is 4.79 Å². The van der Waals surface area contributed by atoms with E-state index < -0.39 is 0 Å². The van der Waals surface area contributed by atoms with E-state index in [1.807, 2.05) is 24.3 Å². The van der Waals surface area contributed by atoms with Crippen LogP contribution in [0.25, 0.3) is 0 Å². The first kappa shape index (κ1) is 12.9. The van der Waals surface area contributed by atoms with Gasteiger partial charge >= 0.3 is 5.97 Å². The number of para-hydroxylation sites is 1. The Bertz CT molecular complexity index is 402. The fourth-order valence-electron chi connectivity index (χ4n) is 1.73. The topological polar surface area (TPSA) is 47.6 Å². The largest absolute Gasteiger partial charge is 0.496 e. The minimum atomic E-state index is -0.0471. The SMILES string of the molecule is COc1ccccc1CNCCOC(=O)C1CC1. The van der Waals surface area contributed by atoms with Gasteiger partial charge in [0.2, 0.25) is 0 Å². The fourth-order valence-corrected chi connectivity index (χ4v) is 1.73. The Kier molecular flexibility index (Phi) is 4.59. The molecule has 1 aromatic rings. The van der Waals surface area contributed by atoms with Crippen molar-refractivity contribution < 1.29 is 14.3 Å². The number of rotatable bonds is 7. The molecule has 0 heterocycles. The average Bonchev–Trinajstić information content (AvgIpc) is 3.23. The molecular weight excluding hydrogens is 230 g/mol. The summed E-state index contributed by atoms with van der Waals surface area (Å²) < 4.78 is 10.4.